The molecule has 2 aliphatic rings. The van der Waals surface area contributed by atoms with Crippen molar-refractivity contribution < 1.29 is 4.74 Å². The first-order valence-corrected chi connectivity index (χ1v) is 9.23. The summed E-state index contributed by atoms with van der Waals surface area (Å²) in [6, 6.07) is 9.33. The van der Waals surface area contributed by atoms with Crippen molar-refractivity contribution in [2.45, 2.75) is 57.5 Å². The zero-order valence-corrected chi connectivity index (χ0v) is 14.2. The van der Waals surface area contributed by atoms with Crippen molar-refractivity contribution >= 4 is 5.69 Å². The zero-order chi connectivity index (χ0) is 16.2. The summed E-state index contributed by atoms with van der Waals surface area (Å²) < 4.78 is 7.75. The maximum Gasteiger partial charge on any atom is 0.137 e. The molecule has 4 rings (SSSR count). The summed E-state index contributed by atoms with van der Waals surface area (Å²) >= 11 is 0. The topological polar surface area (TPSA) is 52.0 Å². The highest BCUT2D eigenvalue weighted by Crippen LogP contribution is 2.19. The third-order valence-electron chi connectivity index (χ3n) is 5.09. The van der Waals surface area contributed by atoms with Crippen LogP contribution in [-0.4, -0.2) is 34.0 Å². The molecule has 1 aromatic heterocycles. The van der Waals surface area contributed by atoms with Crippen LogP contribution in [0.5, 0.6) is 0 Å². The number of hydrogen-bond donors (Lipinski definition) is 1. The third-order valence-corrected chi connectivity index (χ3v) is 5.09. The number of fused-ring (bicyclic) bond motifs is 1. The predicted octanol–water partition coefficient (Wildman–Crippen LogP) is 3.19. The van der Waals surface area contributed by atoms with E-state index in [1.54, 1.807) is 0 Å². The number of ether oxygens (including phenoxy) is 1. The Morgan fingerprint density at radius 1 is 1.04 bits per heavy atom. The molecule has 1 aromatic carbocycles. The van der Waals surface area contributed by atoms with Crippen LogP contribution in [0.25, 0.3) is 0 Å². The van der Waals surface area contributed by atoms with Crippen molar-refractivity contribution in [1.82, 2.24) is 14.8 Å². The molecule has 128 valence electrons. The van der Waals surface area contributed by atoms with Gasteiger partial charge in [0.05, 0.1) is 0 Å². The highest BCUT2D eigenvalue weighted by Gasteiger charge is 2.15. The van der Waals surface area contributed by atoms with Gasteiger partial charge in [-0.05, 0) is 43.4 Å². The molecule has 0 spiro atoms. The fraction of sp³-hybridized carbons (Fsp3) is 0.579. The molecule has 0 aliphatic carbocycles. The normalized spacial score (nSPS) is 18.8. The molecule has 0 unspecified atom stereocenters. The molecule has 0 saturated carbocycles. The Morgan fingerprint density at radius 2 is 1.88 bits per heavy atom. The third kappa shape index (κ3) is 3.61. The van der Waals surface area contributed by atoms with Gasteiger partial charge in [-0.25, -0.2) is 0 Å². The Labute approximate surface area is 143 Å². The summed E-state index contributed by atoms with van der Waals surface area (Å²) in [5.74, 6) is 2.28. The second-order valence-corrected chi connectivity index (χ2v) is 6.90. The number of benzene rings is 1. The molecule has 2 aliphatic heterocycles. The van der Waals surface area contributed by atoms with Gasteiger partial charge in [0.1, 0.15) is 11.6 Å². The van der Waals surface area contributed by atoms with Crippen LogP contribution in [0.3, 0.4) is 0 Å². The predicted molar refractivity (Wildman–Crippen MR) is 94.3 cm³/mol. The molecule has 24 heavy (non-hydrogen) atoms. The van der Waals surface area contributed by atoms with Crippen LogP contribution in [0.15, 0.2) is 24.3 Å². The minimum absolute atomic E-state index is 0.539. The van der Waals surface area contributed by atoms with Gasteiger partial charge in [0, 0.05) is 44.3 Å². The molecule has 1 saturated heterocycles. The molecule has 0 amide bonds. The molecule has 2 aromatic rings. The van der Waals surface area contributed by atoms with Gasteiger partial charge in [0.25, 0.3) is 0 Å². The van der Waals surface area contributed by atoms with E-state index in [1.807, 2.05) is 0 Å². The Kier molecular flexibility index (Phi) is 4.78. The van der Waals surface area contributed by atoms with Gasteiger partial charge in [-0.15, -0.1) is 10.2 Å². The lowest BCUT2D eigenvalue weighted by molar-refractivity contribution is 0.0904. The van der Waals surface area contributed by atoms with Crippen LogP contribution >= 0.6 is 0 Å². The van der Waals surface area contributed by atoms with Crippen LogP contribution in [0.1, 0.15) is 49.3 Å². The molecule has 5 nitrogen and oxygen atoms in total. The van der Waals surface area contributed by atoms with Gasteiger partial charge in [-0.1, -0.05) is 18.6 Å². The van der Waals surface area contributed by atoms with Crippen molar-refractivity contribution in [2.24, 2.45) is 0 Å². The SMILES string of the molecule is c1cc(NC2CCOCC2)ccc1Cc1nnc2n1CCCCC2. The fourth-order valence-electron chi connectivity index (χ4n) is 3.66. The highest BCUT2D eigenvalue weighted by molar-refractivity contribution is 5.46. The Bertz CT molecular complexity index is 659. The summed E-state index contributed by atoms with van der Waals surface area (Å²) in [5.41, 5.74) is 2.50. The van der Waals surface area contributed by atoms with Crippen molar-refractivity contribution in [1.29, 1.82) is 0 Å². The van der Waals surface area contributed by atoms with E-state index in [1.165, 1.54) is 36.3 Å². The van der Waals surface area contributed by atoms with E-state index in [0.29, 0.717) is 6.04 Å². The van der Waals surface area contributed by atoms with Crippen LogP contribution < -0.4 is 5.32 Å². The second-order valence-electron chi connectivity index (χ2n) is 6.90. The van der Waals surface area contributed by atoms with Crippen molar-refractivity contribution in [3.63, 3.8) is 0 Å². The van der Waals surface area contributed by atoms with Crippen LogP contribution in [-0.2, 0) is 24.1 Å². The quantitative estimate of drug-likeness (QED) is 0.937. The molecular formula is C19H26N4O. The summed E-state index contributed by atoms with van der Waals surface area (Å²) in [6.07, 6.45) is 7.90. The lowest BCUT2D eigenvalue weighted by Gasteiger charge is -2.24. The van der Waals surface area contributed by atoms with Crippen molar-refractivity contribution in [2.75, 3.05) is 18.5 Å². The largest absolute Gasteiger partial charge is 0.382 e. The summed E-state index contributed by atoms with van der Waals surface area (Å²) in [6.45, 7) is 2.81. The molecule has 0 bridgehead atoms. The van der Waals surface area contributed by atoms with E-state index in [4.69, 9.17) is 4.74 Å². The number of aromatic nitrogens is 3. The molecule has 5 heteroatoms. The molecule has 1 N–H and O–H groups in total. The maximum atomic E-state index is 5.41. The number of anilines is 1. The molecule has 3 heterocycles. The minimum Gasteiger partial charge on any atom is -0.382 e. The van der Waals surface area contributed by atoms with E-state index in [9.17, 15) is 0 Å². The standard InChI is InChI=1S/C19H26N4O/c1-2-4-18-21-22-19(23(18)11-3-1)14-15-5-7-16(8-6-15)20-17-9-12-24-13-10-17/h5-8,17,20H,1-4,9-14H2. The van der Waals surface area contributed by atoms with Crippen LogP contribution in [0.2, 0.25) is 0 Å². The smallest absolute Gasteiger partial charge is 0.137 e. The lowest BCUT2D eigenvalue weighted by Crippen LogP contribution is -2.27. The van der Waals surface area contributed by atoms with E-state index >= 15 is 0 Å². The average Bonchev–Trinajstić information content (AvgIpc) is 2.84. The van der Waals surface area contributed by atoms with Crippen molar-refractivity contribution in [3.05, 3.63) is 41.5 Å². The monoisotopic (exact) mass is 326 g/mol. The van der Waals surface area contributed by atoms with Gasteiger partial charge >= 0.3 is 0 Å². The molecule has 0 atom stereocenters. The first-order chi connectivity index (χ1) is 11.9. The number of nitrogens with zero attached hydrogens (tertiary/aromatic N) is 3. The first kappa shape index (κ1) is 15.6. The van der Waals surface area contributed by atoms with Crippen molar-refractivity contribution in [3.8, 4) is 0 Å². The molecule has 1 fully saturated rings. The zero-order valence-electron chi connectivity index (χ0n) is 14.2. The number of hydrogen-bond acceptors (Lipinski definition) is 4. The van der Waals surface area contributed by atoms with Gasteiger partial charge in [0.2, 0.25) is 0 Å². The number of nitrogens with one attached hydrogen (secondary N) is 1. The van der Waals surface area contributed by atoms with Gasteiger partial charge in [0.15, 0.2) is 0 Å². The van der Waals surface area contributed by atoms with Gasteiger partial charge < -0.3 is 14.6 Å². The van der Waals surface area contributed by atoms with Gasteiger partial charge in [-0.2, -0.15) is 0 Å². The molecule has 0 radical (unpaired) electrons. The molecular weight excluding hydrogens is 300 g/mol. The van der Waals surface area contributed by atoms with E-state index in [0.717, 1.165) is 51.3 Å². The lowest BCUT2D eigenvalue weighted by atomic mass is 10.1. The fourth-order valence-corrected chi connectivity index (χ4v) is 3.66. The number of aryl methyl sites for hydroxylation is 1. The second kappa shape index (κ2) is 7.34. The van der Waals surface area contributed by atoms with Crippen LogP contribution in [0, 0.1) is 0 Å². The average molecular weight is 326 g/mol. The van der Waals surface area contributed by atoms with Gasteiger partial charge in [-0.3, -0.25) is 0 Å². The number of rotatable bonds is 4. The summed E-state index contributed by atoms with van der Waals surface area (Å²) in [7, 11) is 0. The summed E-state index contributed by atoms with van der Waals surface area (Å²) in [4.78, 5) is 0. The highest BCUT2D eigenvalue weighted by atomic mass is 16.5. The Balaban J connectivity index is 1.41. The summed E-state index contributed by atoms with van der Waals surface area (Å²) in [5, 5.41) is 12.4. The Morgan fingerprint density at radius 3 is 2.71 bits per heavy atom. The van der Waals surface area contributed by atoms with E-state index in [-0.39, 0.29) is 0 Å². The maximum absolute atomic E-state index is 5.41. The first-order valence-electron chi connectivity index (χ1n) is 9.23. The minimum atomic E-state index is 0.539. The van der Waals surface area contributed by atoms with Crippen LogP contribution in [0.4, 0.5) is 5.69 Å². The Hall–Kier alpha value is -1.88. The van der Waals surface area contributed by atoms with E-state index < -0.39 is 0 Å². The van der Waals surface area contributed by atoms with E-state index in [2.05, 4.69) is 44.3 Å².